The topological polar surface area (TPSA) is 42.7 Å². The highest BCUT2D eigenvalue weighted by atomic mass is 35.5. The number of fused-ring (bicyclic) bond motifs is 1. The summed E-state index contributed by atoms with van der Waals surface area (Å²) in [6.07, 6.45) is 4.19. The van der Waals surface area contributed by atoms with Gasteiger partial charge in [0.2, 0.25) is 0 Å². The number of benzene rings is 2. The van der Waals surface area contributed by atoms with Crippen LogP contribution in [0.4, 0.5) is 0 Å². The second-order valence-corrected chi connectivity index (χ2v) is 7.87. The molecule has 4 rings (SSSR count). The zero-order valence-electron chi connectivity index (χ0n) is 16.1. The summed E-state index contributed by atoms with van der Waals surface area (Å²) >= 11 is 1.44. The average molecular weight is 413 g/mol. The summed E-state index contributed by atoms with van der Waals surface area (Å²) < 4.78 is 0. The lowest BCUT2D eigenvalue weighted by atomic mass is 9.83. The van der Waals surface area contributed by atoms with Crippen LogP contribution in [0.2, 0.25) is 0 Å². The normalized spacial score (nSPS) is 23.1. The highest BCUT2D eigenvalue weighted by molar-refractivity contribution is 8.13. The zero-order chi connectivity index (χ0) is 18.8. The number of amidine groups is 1. The van der Waals surface area contributed by atoms with Gasteiger partial charge in [-0.15, -0.1) is 12.4 Å². The van der Waals surface area contributed by atoms with Gasteiger partial charge >= 0.3 is 0 Å². The molecule has 0 unspecified atom stereocenters. The van der Waals surface area contributed by atoms with Crippen molar-refractivity contribution in [2.45, 2.75) is 6.04 Å². The fourth-order valence-electron chi connectivity index (χ4n) is 3.99. The molecule has 2 aliphatic rings. The van der Waals surface area contributed by atoms with E-state index in [0.29, 0.717) is 5.17 Å². The van der Waals surface area contributed by atoms with Crippen LogP contribution in [0.15, 0.2) is 71.3 Å². The van der Waals surface area contributed by atoms with Crippen LogP contribution in [-0.4, -0.2) is 47.2 Å². The maximum absolute atomic E-state index is 8.45. The third-order valence-electron chi connectivity index (χ3n) is 5.17. The van der Waals surface area contributed by atoms with E-state index in [1.807, 2.05) is 23.4 Å². The first-order valence-electron chi connectivity index (χ1n) is 9.17. The monoisotopic (exact) mass is 412 g/mol. The second-order valence-electron chi connectivity index (χ2n) is 7.08. The number of nitrogens with zero attached hydrogens (tertiary/aromatic N) is 3. The van der Waals surface area contributed by atoms with E-state index in [0.717, 1.165) is 18.8 Å². The summed E-state index contributed by atoms with van der Waals surface area (Å²) in [5.74, 6) is 0.258. The van der Waals surface area contributed by atoms with E-state index in [1.165, 1.54) is 28.5 Å². The predicted octanol–water partition coefficient (Wildman–Crippen LogP) is 4.76. The Morgan fingerprint density at radius 3 is 2.39 bits per heavy atom. The average Bonchev–Trinajstić information content (AvgIpc) is 3.08. The smallest absolute Gasteiger partial charge is 0.177 e. The Hall–Kier alpha value is -2.08. The van der Waals surface area contributed by atoms with E-state index in [2.05, 4.69) is 66.6 Å². The van der Waals surface area contributed by atoms with Gasteiger partial charge in [0.1, 0.15) is 0 Å². The summed E-state index contributed by atoms with van der Waals surface area (Å²) in [5, 5.41) is 15.8. The molecule has 0 aromatic heterocycles. The molecule has 0 radical (unpaired) electrons. The molecule has 6 heteroatoms. The molecule has 146 valence electrons. The fourth-order valence-corrected chi connectivity index (χ4v) is 4.33. The van der Waals surface area contributed by atoms with Crippen LogP contribution < -0.4 is 0 Å². The van der Waals surface area contributed by atoms with Crippen LogP contribution in [0.1, 0.15) is 17.2 Å². The number of hydrazone groups is 1. The van der Waals surface area contributed by atoms with Crippen molar-refractivity contribution in [1.29, 1.82) is 5.41 Å². The van der Waals surface area contributed by atoms with Crippen molar-refractivity contribution in [3.8, 4) is 0 Å². The summed E-state index contributed by atoms with van der Waals surface area (Å²) in [4.78, 5) is 2.36. The highest BCUT2D eigenvalue weighted by Crippen LogP contribution is 2.41. The van der Waals surface area contributed by atoms with E-state index in [4.69, 9.17) is 10.5 Å². The molecule has 28 heavy (non-hydrogen) atoms. The van der Waals surface area contributed by atoms with Gasteiger partial charge in [0.05, 0.1) is 11.8 Å². The minimum atomic E-state index is 0. The van der Waals surface area contributed by atoms with E-state index in [9.17, 15) is 0 Å². The highest BCUT2D eigenvalue weighted by Gasteiger charge is 2.43. The quantitative estimate of drug-likeness (QED) is 0.571. The summed E-state index contributed by atoms with van der Waals surface area (Å²) in [6.45, 7) is 1.83. The molecule has 4 nitrogen and oxygen atoms in total. The number of hydrogen-bond acceptors (Lipinski definition) is 4. The van der Waals surface area contributed by atoms with Crippen molar-refractivity contribution in [2.24, 2.45) is 11.0 Å². The van der Waals surface area contributed by atoms with Crippen LogP contribution in [0.25, 0.3) is 6.08 Å². The number of rotatable bonds is 2. The summed E-state index contributed by atoms with van der Waals surface area (Å²) in [5.41, 5.74) is 4.79. The van der Waals surface area contributed by atoms with Crippen molar-refractivity contribution in [3.05, 3.63) is 77.4 Å². The Morgan fingerprint density at radius 2 is 1.75 bits per heavy atom. The Labute approximate surface area is 177 Å². The van der Waals surface area contributed by atoms with Crippen LogP contribution in [-0.2, 0) is 0 Å². The molecule has 2 aliphatic heterocycles. The first-order valence-corrected chi connectivity index (χ1v) is 10.4. The summed E-state index contributed by atoms with van der Waals surface area (Å²) in [7, 11) is 2.17. The standard InChI is InChI=1S/C22H24N4S.ClH/c1-25-14-18(13-16-9-5-3-6-10-16)20-19(15-25)21(17-11-7-4-8-12-17)26(24-20)22(23)27-2;/h3-13,19,21,23H,14-15H2,1-2H3;1H/b18-13+,23-22?;/t19-,21-;/m1./s1. The Balaban J connectivity index is 0.00000225. The zero-order valence-corrected chi connectivity index (χ0v) is 17.7. The molecule has 2 aromatic carbocycles. The van der Waals surface area contributed by atoms with E-state index in [1.54, 1.807) is 0 Å². The van der Waals surface area contributed by atoms with Crippen LogP contribution >= 0.6 is 24.2 Å². The Kier molecular flexibility index (Phi) is 6.60. The van der Waals surface area contributed by atoms with Crippen LogP contribution in [0.5, 0.6) is 0 Å². The van der Waals surface area contributed by atoms with Crippen LogP contribution in [0.3, 0.4) is 0 Å². The number of hydrogen-bond donors (Lipinski definition) is 1. The molecular formula is C22H25ClN4S. The minimum absolute atomic E-state index is 0. The third-order valence-corrected chi connectivity index (χ3v) is 5.75. The summed E-state index contributed by atoms with van der Waals surface area (Å²) in [6, 6.07) is 21.0. The second kappa shape index (κ2) is 8.95. The molecule has 2 atom stereocenters. The van der Waals surface area contributed by atoms with Crippen molar-refractivity contribution in [2.75, 3.05) is 26.4 Å². The first-order chi connectivity index (χ1) is 13.2. The van der Waals surface area contributed by atoms with Gasteiger partial charge < -0.3 is 4.90 Å². The minimum Gasteiger partial charge on any atom is -0.301 e. The van der Waals surface area contributed by atoms with Crippen LogP contribution in [0, 0.1) is 11.3 Å². The molecule has 2 heterocycles. The van der Waals surface area contributed by atoms with Crippen molar-refractivity contribution >= 4 is 41.1 Å². The van der Waals surface area contributed by atoms with E-state index >= 15 is 0 Å². The molecule has 1 fully saturated rings. The molecule has 0 amide bonds. The molecule has 0 aliphatic carbocycles. The lowest BCUT2D eigenvalue weighted by Crippen LogP contribution is -2.42. The number of nitrogens with one attached hydrogen (secondary N) is 1. The predicted molar refractivity (Wildman–Crippen MR) is 122 cm³/mol. The lowest BCUT2D eigenvalue weighted by Gasteiger charge is -2.34. The molecule has 0 bridgehead atoms. The van der Waals surface area contributed by atoms with Gasteiger partial charge in [0, 0.05) is 19.0 Å². The van der Waals surface area contributed by atoms with Gasteiger partial charge in [-0.3, -0.25) is 5.41 Å². The molecule has 1 saturated heterocycles. The number of thioether (sulfide) groups is 1. The number of piperidine rings is 1. The van der Waals surface area contributed by atoms with Gasteiger partial charge in [-0.1, -0.05) is 72.4 Å². The molecular weight excluding hydrogens is 388 g/mol. The molecule has 2 aromatic rings. The molecule has 0 spiro atoms. The maximum Gasteiger partial charge on any atom is 0.177 e. The maximum atomic E-state index is 8.45. The van der Waals surface area contributed by atoms with Gasteiger partial charge in [-0.2, -0.15) is 5.10 Å². The molecule has 0 saturated carbocycles. The van der Waals surface area contributed by atoms with E-state index < -0.39 is 0 Å². The molecule has 1 N–H and O–H groups in total. The number of likely N-dealkylation sites (N-methyl/N-ethyl adjacent to an activating group) is 1. The lowest BCUT2D eigenvalue weighted by molar-refractivity contribution is 0.250. The number of halogens is 1. The van der Waals surface area contributed by atoms with Crippen molar-refractivity contribution < 1.29 is 0 Å². The van der Waals surface area contributed by atoms with Gasteiger partial charge in [0.15, 0.2) is 5.17 Å². The number of likely N-dealkylation sites (tertiary alicyclic amines) is 1. The van der Waals surface area contributed by atoms with Crippen molar-refractivity contribution in [3.63, 3.8) is 0 Å². The van der Waals surface area contributed by atoms with Crippen molar-refractivity contribution in [1.82, 2.24) is 9.91 Å². The van der Waals surface area contributed by atoms with Gasteiger partial charge in [-0.25, -0.2) is 5.01 Å². The largest absolute Gasteiger partial charge is 0.301 e. The Bertz CT molecular complexity index is 882. The van der Waals surface area contributed by atoms with Gasteiger partial charge in [0.25, 0.3) is 0 Å². The third kappa shape index (κ3) is 4.02. The van der Waals surface area contributed by atoms with E-state index in [-0.39, 0.29) is 24.4 Å². The van der Waals surface area contributed by atoms with Gasteiger partial charge in [-0.05, 0) is 36.1 Å². The SMILES string of the molecule is CSC(=N)N1N=C2/C(=C/c3ccccc3)CN(C)C[C@H]2[C@H]1c1ccccc1.Cl. The fraction of sp³-hybridized carbons (Fsp3) is 0.273. The Morgan fingerprint density at radius 1 is 1.11 bits per heavy atom. The first kappa shape index (κ1) is 20.6.